The van der Waals surface area contributed by atoms with Gasteiger partial charge >= 0.3 is 5.97 Å². The second kappa shape index (κ2) is 9.46. The van der Waals surface area contributed by atoms with Crippen molar-refractivity contribution in [1.82, 2.24) is 5.32 Å². The number of carbonyl (C=O) groups excluding carboxylic acids is 1. The van der Waals surface area contributed by atoms with Gasteiger partial charge in [-0.3, -0.25) is 4.79 Å². The molecule has 0 aromatic heterocycles. The molecule has 0 bridgehead atoms. The van der Waals surface area contributed by atoms with E-state index in [0.29, 0.717) is 0 Å². The Labute approximate surface area is 175 Å². The molecule has 2 heterocycles. The fourth-order valence-electron chi connectivity index (χ4n) is 4.97. The highest BCUT2D eigenvalue weighted by Gasteiger charge is 2.72. The molecule has 6 atom stereocenters. The van der Waals surface area contributed by atoms with E-state index in [-0.39, 0.29) is 47.9 Å². The number of hydrogen-bond donors (Lipinski definition) is 1. The highest BCUT2D eigenvalue weighted by atomic mass is 16.6. The van der Waals surface area contributed by atoms with Crippen LogP contribution in [0, 0.1) is 5.92 Å². The Balaban J connectivity index is 1.60. The van der Waals surface area contributed by atoms with Crippen molar-refractivity contribution >= 4 is 5.97 Å². The van der Waals surface area contributed by atoms with E-state index in [9.17, 15) is 4.79 Å². The molecule has 3 fully saturated rings. The highest BCUT2D eigenvalue weighted by molar-refractivity contribution is 5.71. The van der Waals surface area contributed by atoms with E-state index >= 15 is 0 Å². The molecule has 0 amide bonds. The van der Waals surface area contributed by atoms with Gasteiger partial charge in [-0.2, -0.15) is 0 Å². The van der Waals surface area contributed by atoms with Crippen molar-refractivity contribution in [2.24, 2.45) is 5.92 Å². The van der Waals surface area contributed by atoms with Gasteiger partial charge < -0.3 is 24.3 Å². The molecule has 0 aromatic carbocycles. The zero-order valence-electron chi connectivity index (χ0n) is 18.8. The van der Waals surface area contributed by atoms with Gasteiger partial charge in [-0.1, -0.05) is 31.4 Å². The van der Waals surface area contributed by atoms with Crippen LogP contribution in [-0.4, -0.2) is 62.3 Å². The lowest BCUT2D eigenvalue weighted by Gasteiger charge is -2.42. The Hall–Kier alpha value is -0.950. The fourth-order valence-corrected chi connectivity index (χ4v) is 4.97. The van der Waals surface area contributed by atoms with Gasteiger partial charge in [-0.05, 0) is 53.0 Å². The number of ether oxygens (including phenoxy) is 4. The topological polar surface area (TPSA) is 72.6 Å². The third-order valence-corrected chi connectivity index (χ3v) is 6.75. The van der Waals surface area contributed by atoms with Crippen molar-refractivity contribution < 1.29 is 23.7 Å². The summed E-state index contributed by atoms with van der Waals surface area (Å²) in [6.45, 7) is 10.4. The summed E-state index contributed by atoms with van der Waals surface area (Å²) in [5, 5.41) is 3.19. The van der Waals surface area contributed by atoms with Crippen LogP contribution in [0.25, 0.3) is 0 Å². The number of rotatable bonds is 11. The normalized spacial score (nSPS) is 38.0. The predicted octanol–water partition coefficient (Wildman–Crippen LogP) is 3.39. The van der Waals surface area contributed by atoms with Crippen LogP contribution in [0.3, 0.4) is 0 Å². The largest absolute Gasteiger partial charge is 0.459 e. The third-order valence-electron chi connectivity index (χ3n) is 6.75. The van der Waals surface area contributed by atoms with Crippen LogP contribution in [-0.2, 0) is 23.7 Å². The molecule has 6 heteroatoms. The summed E-state index contributed by atoms with van der Waals surface area (Å²) in [4.78, 5) is 12.4. The Bertz CT molecular complexity index is 598. The second-order valence-corrected chi connectivity index (χ2v) is 9.29. The van der Waals surface area contributed by atoms with Crippen molar-refractivity contribution in [1.29, 1.82) is 0 Å². The first-order chi connectivity index (χ1) is 13.9. The Morgan fingerprint density at radius 1 is 1.31 bits per heavy atom. The minimum absolute atomic E-state index is 0.0691. The molecule has 1 unspecified atom stereocenters. The van der Waals surface area contributed by atoms with Crippen molar-refractivity contribution in [3.8, 4) is 0 Å². The maximum atomic E-state index is 12.4. The summed E-state index contributed by atoms with van der Waals surface area (Å²) < 4.78 is 23.9. The summed E-state index contributed by atoms with van der Waals surface area (Å²) in [6.07, 6.45) is 7.90. The van der Waals surface area contributed by atoms with Crippen LogP contribution in [0.5, 0.6) is 0 Å². The lowest BCUT2D eigenvalue weighted by molar-refractivity contribution is -0.170. The summed E-state index contributed by atoms with van der Waals surface area (Å²) in [5.41, 5.74) is 0.814. The minimum atomic E-state index is -0.299. The average Bonchev–Trinajstić information content (AvgIpc) is 3.59. The second-order valence-electron chi connectivity index (χ2n) is 9.29. The Morgan fingerprint density at radius 2 is 2.07 bits per heavy atom. The van der Waals surface area contributed by atoms with Crippen molar-refractivity contribution in [3.63, 3.8) is 0 Å². The first-order valence-electron chi connectivity index (χ1n) is 11.2. The van der Waals surface area contributed by atoms with Gasteiger partial charge in [0.25, 0.3) is 0 Å². The molecule has 1 spiro atoms. The van der Waals surface area contributed by atoms with Crippen LogP contribution in [0.15, 0.2) is 11.6 Å². The first-order valence-corrected chi connectivity index (χ1v) is 11.2. The standard InChI is InChI=1S/C23H39NO5/c1-6-7-8-13-24-14-19(25)28-17-11-12-23(15-27-23)21(20(17)26-5)22(4)18(29-22)10-9-16(2)3/h9,17-18,20-21,24H,6-8,10-15H2,1-5H3/t17-,18?,20-,21-,22+,23+/m1/s1. The molecule has 2 saturated heterocycles. The number of methoxy groups -OCH3 is 1. The van der Waals surface area contributed by atoms with Crippen LogP contribution in [0.4, 0.5) is 0 Å². The van der Waals surface area contributed by atoms with E-state index in [1.165, 1.54) is 18.4 Å². The van der Waals surface area contributed by atoms with Crippen LogP contribution >= 0.6 is 0 Å². The molecule has 0 aromatic rings. The van der Waals surface area contributed by atoms with Crippen LogP contribution < -0.4 is 5.32 Å². The number of esters is 1. The molecule has 1 N–H and O–H groups in total. The number of unbranched alkanes of at least 4 members (excludes halogenated alkanes) is 2. The zero-order valence-corrected chi connectivity index (χ0v) is 18.8. The zero-order chi connectivity index (χ0) is 21.1. The number of epoxide rings is 2. The number of carbonyl (C=O) groups is 1. The van der Waals surface area contributed by atoms with E-state index in [0.717, 1.165) is 38.8 Å². The summed E-state index contributed by atoms with van der Waals surface area (Å²) in [5.74, 6) is -0.137. The molecule has 2 aliphatic heterocycles. The summed E-state index contributed by atoms with van der Waals surface area (Å²) in [6, 6.07) is 0. The molecular formula is C23H39NO5. The quantitative estimate of drug-likeness (QED) is 0.244. The van der Waals surface area contributed by atoms with Gasteiger partial charge in [0.2, 0.25) is 0 Å². The predicted molar refractivity (Wildman–Crippen MR) is 112 cm³/mol. The van der Waals surface area contributed by atoms with Crippen LogP contribution in [0.1, 0.15) is 66.2 Å². The van der Waals surface area contributed by atoms with Gasteiger partial charge in [0.05, 0.1) is 25.2 Å². The first kappa shape index (κ1) is 22.7. The fraction of sp³-hybridized carbons (Fsp3) is 0.870. The summed E-state index contributed by atoms with van der Waals surface area (Å²) >= 11 is 0. The average molecular weight is 410 g/mol. The molecule has 29 heavy (non-hydrogen) atoms. The lowest BCUT2D eigenvalue weighted by atomic mass is 9.68. The number of nitrogens with one attached hydrogen (secondary N) is 1. The van der Waals surface area contributed by atoms with E-state index < -0.39 is 0 Å². The van der Waals surface area contributed by atoms with E-state index in [4.69, 9.17) is 18.9 Å². The maximum absolute atomic E-state index is 12.4. The summed E-state index contributed by atoms with van der Waals surface area (Å²) in [7, 11) is 1.71. The smallest absolute Gasteiger partial charge is 0.320 e. The van der Waals surface area contributed by atoms with Crippen molar-refractivity contribution in [2.45, 2.75) is 95.7 Å². The Kier molecular flexibility index (Phi) is 7.41. The van der Waals surface area contributed by atoms with Crippen LogP contribution in [0.2, 0.25) is 0 Å². The van der Waals surface area contributed by atoms with Gasteiger partial charge in [0.1, 0.15) is 23.4 Å². The molecule has 166 valence electrons. The van der Waals surface area contributed by atoms with E-state index in [1.807, 2.05) is 0 Å². The van der Waals surface area contributed by atoms with Gasteiger partial charge in [-0.25, -0.2) is 0 Å². The number of allylic oxidation sites excluding steroid dienone is 1. The maximum Gasteiger partial charge on any atom is 0.320 e. The van der Waals surface area contributed by atoms with Gasteiger partial charge in [0, 0.05) is 7.11 Å². The van der Waals surface area contributed by atoms with Gasteiger partial charge in [-0.15, -0.1) is 0 Å². The SMILES string of the molecule is CCCCCNCC(=O)O[C@@H]1CC[C@]2(CO2)[C@@H]([C@@]2(C)OC2CC=C(C)C)[C@@H]1OC. The van der Waals surface area contributed by atoms with Crippen molar-refractivity contribution in [2.75, 3.05) is 26.8 Å². The molecule has 3 rings (SSSR count). The third kappa shape index (κ3) is 5.22. The Morgan fingerprint density at radius 3 is 2.69 bits per heavy atom. The minimum Gasteiger partial charge on any atom is -0.459 e. The molecule has 6 nitrogen and oxygen atoms in total. The molecule has 1 saturated carbocycles. The van der Waals surface area contributed by atoms with Gasteiger partial charge in [0.15, 0.2) is 0 Å². The van der Waals surface area contributed by atoms with E-state index in [2.05, 4.69) is 39.1 Å². The van der Waals surface area contributed by atoms with Crippen molar-refractivity contribution in [3.05, 3.63) is 11.6 Å². The molecule has 3 aliphatic rings. The molecule has 1 aliphatic carbocycles. The molecule has 0 radical (unpaired) electrons. The number of hydrogen-bond acceptors (Lipinski definition) is 6. The van der Waals surface area contributed by atoms with E-state index in [1.54, 1.807) is 7.11 Å². The lowest BCUT2D eigenvalue weighted by Crippen LogP contribution is -2.56. The molecular weight excluding hydrogens is 370 g/mol. The monoisotopic (exact) mass is 409 g/mol. The highest BCUT2D eigenvalue weighted by Crippen LogP contribution is 2.59.